The molecule has 1 amide bonds. The summed E-state index contributed by atoms with van der Waals surface area (Å²) in [6.45, 7) is 2.89. The van der Waals surface area contributed by atoms with Crippen LogP contribution in [-0.4, -0.2) is 17.4 Å². The number of nitro benzene ring substituents is 1. The normalized spacial score (nSPS) is 21.6. The third kappa shape index (κ3) is 3.07. The molecule has 0 spiro atoms. The number of carbonyl (C=O) groups is 1. The van der Waals surface area contributed by atoms with E-state index in [9.17, 15) is 14.9 Å². The van der Waals surface area contributed by atoms with Gasteiger partial charge in [0.25, 0.3) is 5.69 Å². The summed E-state index contributed by atoms with van der Waals surface area (Å²) in [5.41, 5.74) is 5.83. The molecule has 1 aromatic carbocycles. The first-order valence-electron chi connectivity index (χ1n) is 6.81. The Morgan fingerprint density at radius 2 is 2.25 bits per heavy atom. The smallest absolute Gasteiger partial charge is 0.292 e. The van der Waals surface area contributed by atoms with Crippen molar-refractivity contribution < 1.29 is 9.72 Å². The number of hydrogen-bond donors (Lipinski definition) is 2. The molecule has 6 heteroatoms. The topological polar surface area (TPSA) is 98.3 Å². The minimum atomic E-state index is -0.586. The Hall–Kier alpha value is -2.11. The van der Waals surface area contributed by atoms with Gasteiger partial charge in [-0.1, -0.05) is 19.8 Å². The number of primary amides is 1. The van der Waals surface area contributed by atoms with Gasteiger partial charge < -0.3 is 11.1 Å². The van der Waals surface area contributed by atoms with Gasteiger partial charge >= 0.3 is 0 Å². The van der Waals surface area contributed by atoms with Gasteiger partial charge in [-0.15, -0.1) is 0 Å². The van der Waals surface area contributed by atoms with Crippen molar-refractivity contribution in [3.05, 3.63) is 33.9 Å². The number of nitrogens with two attached hydrogens (primary N) is 1. The first-order valence-corrected chi connectivity index (χ1v) is 6.81. The number of rotatable bonds is 5. The van der Waals surface area contributed by atoms with E-state index in [1.807, 2.05) is 0 Å². The van der Waals surface area contributed by atoms with Crippen LogP contribution in [0.1, 0.15) is 36.5 Å². The molecule has 0 radical (unpaired) electrons. The predicted octanol–water partition coefficient (Wildman–Crippen LogP) is 2.54. The van der Waals surface area contributed by atoms with Crippen molar-refractivity contribution in [3.63, 3.8) is 0 Å². The van der Waals surface area contributed by atoms with Crippen molar-refractivity contribution >= 4 is 17.3 Å². The van der Waals surface area contributed by atoms with E-state index in [0.717, 1.165) is 6.42 Å². The van der Waals surface area contributed by atoms with Gasteiger partial charge in [0.15, 0.2) is 0 Å². The van der Waals surface area contributed by atoms with E-state index < -0.39 is 10.8 Å². The zero-order valence-electron chi connectivity index (χ0n) is 11.5. The minimum absolute atomic E-state index is 0.0272. The van der Waals surface area contributed by atoms with Crippen LogP contribution < -0.4 is 11.1 Å². The van der Waals surface area contributed by atoms with Crippen molar-refractivity contribution in [2.24, 2.45) is 17.6 Å². The number of hydrogen-bond acceptors (Lipinski definition) is 4. The molecule has 2 atom stereocenters. The molecule has 0 bridgehead atoms. The summed E-state index contributed by atoms with van der Waals surface area (Å²) < 4.78 is 0. The van der Waals surface area contributed by atoms with Crippen LogP contribution in [0, 0.1) is 22.0 Å². The van der Waals surface area contributed by atoms with Gasteiger partial charge in [0.2, 0.25) is 5.91 Å². The highest BCUT2D eigenvalue weighted by atomic mass is 16.6. The van der Waals surface area contributed by atoms with Gasteiger partial charge in [0.1, 0.15) is 5.69 Å². The summed E-state index contributed by atoms with van der Waals surface area (Å²) in [7, 11) is 0. The van der Waals surface area contributed by atoms with Crippen molar-refractivity contribution in [3.8, 4) is 0 Å². The number of benzene rings is 1. The molecule has 0 aliphatic heterocycles. The first kappa shape index (κ1) is 14.3. The average molecular weight is 277 g/mol. The molecular formula is C14H19N3O3. The summed E-state index contributed by atoms with van der Waals surface area (Å²) in [6, 6.07) is 4.16. The Labute approximate surface area is 117 Å². The van der Waals surface area contributed by atoms with Crippen molar-refractivity contribution in [2.45, 2.75) is 26.2 Å². The standard InChI is InChI=1S/C14H19N3O3/c1-9-3-2-4-11(9)8-16-12-7-10(14(15)18)5-6-13(12)17(19)20/h5-7,9,11,16H,2-4,8H2,1H3,(H2,15,18). The molecule has 2 unspecified atom stereocenters. The van der Waals surface area contributed by atoms with Crippen molar-refractivity contribution in [2.75, 3.05) is 11.9 Å². The molecule has 3 N–H and O–H groups in total. The third-order valence-corrected chi connectivity index (χ3v) is 4.07. The Morgan fingerprint density at radius 1 is 1.50 bits per heavy atom. The highest BCUT2D eigenvalue weighted by Gasteiger charge is 2.24. The Bertz CT molecular complexity index is 530. The van der Waals surface area contributed by atoms with Crippen LogP contribution in [0.15, 0.2) is 18.2 Å². The lowest BCUT2D eigenvalue weighted by Crippen LogP contribution is -2.18. The van der Waals surface area contributed by atoms with E-state index in [4.69, 9.17) is 5.73 Å². The van der Waals surface area contributed by atoms with Crippen molar-refractivity contribution in [1.29, 1.82) is 0 Å². The van der Waals surface area contributed by atoms with Gasteiger partial charge in [0.05, 0.1) is 4.92 Å². The molecule has 1 saturated carbocycles. The van der Waals surface area contributed by atoms with E-state index in [2.05, 4.69) is 12.2 Å². The summed E-state index contributed by atoms with van der Waals surface area (Å²) >= 11 is 0. The molecule has 0 aromatic heterocycles. The van der Waals surface area contributed by atoms with E-state index in [1.165, 1.54) is 31.0 Å². The molecule has 1 aliphatic carbocycles. The molecule has 1 fully saturated rings. The van der Waals surface area contributed by atoms with Gasteiger partial charge in [0, 0.05) is 18.2 Å². The fourth-order valence-corrected chi connectivity index (χ4v) is 2.76. The summed E-state index contributed by atoms with van der Waals surface area (Å²) in [5.74, 6) is 0.560. The van der Waals surface area contributed by atoms with Gasteiger partial charge in [-0.3, -0.25) is 14.9 Å². The molecule has 1 aliphatic rings. The number of nitrogens with zero attached hydrogens (tertiary/aromatic N) is 1. The second-order valence-electron chi connectivity index (χ2n) is 5.40. The summed E-state index contributed by atoms with van der Waals surface area (Å²) in [4.78, 5) is 21.7. The fourth-order valence-electron chi connectivity index (χ4n) is 2.76. The SMILES string of the molecule is CC1CCCC1CNc1cc(C(N)=O)ccc1[N+](=O)[O-]. The molecule has 108 valence electrons. The largest absolute Gasteiger partial charge is 0.379 e. The summed E-state index contributed by atoms with van der Waals surface area (Å²) in [6.07, 6.45) is 3.55. The Balaban J connectivity index is 2.17. The fraction of sp³-hybridized carbons (Fsp3) is 0.500. The first-order chi connectivity index (χ1) is 9.49. The quantitative estimate of drug-likeness (QED) is 0.638. The Kier molecular flexibility index (Phi) is 4.22. The van der Waals surface area contributed by atoms with E-state index in [0.29, 0.717) is 24.1 Å². The van der Waals surface area contributed by atoms with Gasteiger partial charge in [-0.2, -0.15) is 0 Å². The number of carbonyl (C=O) groups excluding carboxylic acids is 1. The lowest BCUT2D eigenvalue weighted by molar-refractivity contribution is -0.384. The van der Waals surface area contributed by atoms with E-state index >= 15 is 0 Å². The number of nitro groups is 1. The van der Waals surface area contributed by atoms with Crippen LogP contribution in [0.4, 0.5) is 11.4 Å². The molecule has 2 rings (SSSR count). The second kappa shape index (κ2) is 5.90. The minimum Gasteiger partial charge on any atom is -0.379 e. The second-order valence-corrected chi connectivity index (χ2v) is 5.40. The van der Waals surface area contributed by atoms with Gasteiger partial charge in [-0.25, -0.2) is 0 Å². The molecule has 20 heavy (non-hydrogen) atoms. The van der Waals surface area contributed by atoms with Crippen LogP contribution >= 0.6 is 0 Å². The highest BCUT2D eigenvalue weighted by Crippen LogP contribution is 2.32. The van der Waals surface area contributed by atoms with Crippen molar-refractivity contribution in [1.82, 2.24) is 0 Å². The number of amides is 1. The van der Waals surface area contributed by atoms with Crippen LogP contribution in [0.3, 0.4) is 0 Å². The van der Waals surface area contributed by atoms with Crippen LogP contribution in [-0.2, 0) is 0 Å². The monoisotopic (exact) mass is 277 g/mol. The maximum Gasteiger partial charge on any atom is 0.292 e. The molecular weight excluding hydrogens is 258 g/mol. The zero-order chi connectivity index (χ0) is 14.7. The average Bonchev–Trinajstić information content (AvgIpc) is 2.81. The number of anilines is 1. The number of nitrogens with one attached hydrogen (secondary N) is 1. The highest BCUT2D eigenvalue weighted by molar-refractivity contribution is 5.94. The van der Waals surface area contributed by atoms with E-state index in [1.54, 1.807) is 0 Å². The third-order valence-electron chi connectivity index (χ3n) is 4.07. The molecule has 6 nitrogen and oxygen atoms in total. The molecule has 0 saturated heterocycles. The lowest BCUT2D eigenvalue weighted by atomic mass is 9.98. The van der Waals surface area contributed by atoms with E-state index in [-0.39, 0.29) is 11.3 Å². The predicted molar refractivity (Wildman–Crippen MR) is 76.6 cm³/mol. The molecule has 1 aromatic rings. The lowest BCUT2D eigenvalue weighted by Gasteiger charge is -2.17. The molecule has 0 heterocycles. The van der Waals surface area contributed by atoms with Gasteiger partial charge in [-0.05, 0) is 30.4 Å². The van der Waals surface area contributed by atoms with Crippen LogP contribution in [0.25, 0.3) is 0 Å². The van der Waals surface area contributed by atoms with Crippen LogP contribution in [0.2, 0.25) is 0 Å². The van der Waals surface area contributed by atoms with Crippen LogP contribution in [0.5, 0.6) is 0 Å². The summed E-state index contributed by atoms with van der Waals surface area (Å²) in [5, 5.41) is 14.1. The zero-order valence-corrected chi connectivity index (χ0v) is 11.5. The maximum atomic E-state index is 11.2. The Morgan fingerprint density at radius 3 is 2.80 bits per heavy atom. The maximum absolute atomic E-state index is 11.2.